The lowest BCUT2D eigenvalue weighted by atomic mass is 9.94. The van der Waals surface area contributed by atoms with Crippen molar-refractivity contribution in [2.75, 3.05) is 0 Å². The van der Waals surface area contributed by atoms with Crippen molar-refractivity contribution in [2.45, 2.75) is 19.4 Å². The summed E-state index contributed by atoms with van der Waals surface area (Å²) in [5.41, 5.74) is 10.3. The summed E-state index contributed by atoms with van der Waals surface area (Å²) in [5, 5.41) is 4.88. The highest BCUT2D eigenvalue weighted by Gasteiger charge is 2.17. The van der Waals surface area contributed by atoms with Crippen molar-refractivity contribution >= 4 is 23.4 Å². The smallest absolute Gasteiger partial charge is 0.170 e. The van der Waals surface area contributed by atoms with E-state index in [4.69, 9.17) is 10.3 Å². The molecule has 1 unspecified atom stereocenters. The molecule has 0 amide bonds. The van der Waals surface area contributed by atoms with E-state index in [1.165, 1.54) is 12.1 Å². The summed E-state index contributed by atoms with van der Waals surface area (Å²) in [7, 11) is 0. The molecule has 2 N–H and O–H groups in total. The SMILES string of the molecule is C=C(C)CC(N)c1ccccc1-c1noc2cc(F)ccc12.Cl. The van der Waals surface area contributed by atoms with Crippen LogP contribution < -0.4 is 5.73 Å². The summed E-state index contributed by atoms with van der Waals surface area (Å²) >= 11 is 0. The average Bonchev–Trinajstić information content (AvgIpc) is 2.89. The van der Waals surface area contributed by atoms with Crippen LogP contribution in [-0.2, 0) is 0 Å². The predicted octanol–water partition coefficient (Wildman–Crippen LogP) is 5.02. The molecule has 0 fully saturated rings. The van der Waals surface area contributed by atoms with Crippen LogP contribution in [0.3, 0.4) is 0 Å². The molecule has 1 atom stereocenters. The van der Waals surface area contributed by atoms with Gasteiger partial charge >= 0.3 is 0 Å². The van der Waals surface area contributed by atoms with Gasteiger partial charge in [-0.1, -0.05) is 35.0 Å². The molecule has 0 radical (unpaired) electrons. The van der Waals surface area contributed by atoms with Gasteiger partial charge in [-0.25, -0.2) is 4.39 Å². The van der Waals surface area contributed by atoms with Crippen LogP contribution in [-0.4, -0.2) is 5.16 Å². The average molecular weight is 333 g/mol. The molecule has 0 spiro atoms. The normalized spacial score (nSPS) is 12.0. The zero-order chi connectivity index (χ0) is 15.7. The van der Waals surface area contributed by atoms with Gasteiger partial charge in [0.1, 0.15) is 11.5 Å². The first-order valence-corrected chi connectivity index (χ1v) is 7.10. The fraction of sp³-hybridized carbons (Fsp3) is 0.167. The Morgan fingerprint density at radius 1 is 1.30 bits per heavy atom. The Hall–Kier alpha value is -2.17. The van der Waals surface area contributed by atoms with E-state index in [-0.39, 0.29) is 24.3 Å². The van der Waals surface area contributed by atoms with Crippen molar-refractivity contribution in [3.8, 4) is 11.3 Å². The van der Waals surface area contributed by atoms with E-state index in [1.807, 2.05) is 31.2 Å². The highest BCUT2D eigenvalue weighted by Crippen LogP contribution is 2.34. The van der Waals surface area contributed by atoms with Gasteiger partial charge in [0.05, 0.1) is 0 Å². The lowest BCUT2D eigenvalue weighted by molar-refractivity contribution is 0.457. The zero-order valence-corrected chi connectivity index (χ0v) is 13.6. The Morgan fingerprint density at radius 3 is 2.78 bits per heavy atom. The summed E-state index contributed by atoms with van der Waals surface area (Å²) in [5.74, 6) is -0.345. The number of nitrogens with zero attached hydrogens (tertiary/aromatic N) is 1. The quantitative estimate of drug-likeness (QED) is 0.682. The molecule has 3 aromatic rings. The van der Waals surface area contributed by atoms with Gasteiger partial charge < -0.3 is 10.3 Å². The Kier molecular flexibility index (Phi) is 5.19. The molecule has 0 saturated heterocycles. The van der Waals surface area contributed by atoms with Gasteiger partial charge in [0.25, 0.3) is 0 Å². The van der Waals surface area contributed by atoms with Gasteiger partial charge in [-0.15, -0.1) is 19.0 Å². The molecule has 2 aromatic carbocycles. The molecule has 1 aromatic heterocycles. The van der Waals surface area contributed by atoms with Crippen molar-refractivity contribution in [3.63, 3.8) is 0 Å². The van der Waals surface area contributed by atoms with Crippen LogP contribution in [0, 0.1) is 5.82 Å². The lowest BCUT2D eigenvalue weighted by Gasteiger charge is -2.15. The Balaban J connectivity index is 0.00000192. The maximum atomic E-state index is 13.3. The number of hydrogen-bond donors (Lipinski definition) is 1. The maximum Gasteiger partial charge on any atom is 0.170 e. The van der Waals surface area contributed by atoms with Crippen LogP contribution in [0.15, 0.2) is 59.1 Å². The highest BCUT2D eigenvalue weighted by atomic mass is 35.5. The number of nitrogens with two attached hydrogens (primary N) is 1. The number of aromatic nitrogens is 1. The standard InChI is InChI=1S/C18H17FN2O.ClH/c1-11(2)9-16(20)13-5-3-4-6-14(13)18-15-8-7-12(19)10-17(15)22-21-18;/h3-8,10,16H,1,9,20H2,2H3;1H. The molecular weight excluding hydrogens is 315 g/mol. The topological polar surface area (TPSA) is 52.0 Å². The van der Waals surface area contributed by atoms with E-state index in [9.17, 15) is 4.39 Å². The molecule has 5 heteroatoms. The van der Waals surface area contributed by atoms with Crippen LogP contribution >= 0.6 is 12.4 Å². The van der Waals surface area contributed by atoms with E-state index in [0.717, 1.165) is 22.1 Å². The van der Waals surface area contributed by atoms with E-state index in [2.05, 4.69) is 11.7 Å². The van der Waals surface area contributed by atoms with Crippen molar-refractivity contribution < 1.29 is 8.91 Å². The molecule has 0 aliphatic rings. The largest absolute Gasteiger partial charge is 0.356 e. The van der Waals surface area contributed by atoms with Gasteiger partial charge in [-0.05, 0) is 31.0 Å². The van der Waals surface area contributed by atoms with E-state index in [0.29, 0.717) is 17.7 Å². The summed E-state index contributed by atoms with van der Waals surface area (Å²) in [4.78, 5) is 0. The molecule has 1 heterocycles. The van der Waals surface area contributed by atoms with Gasteiger partial charge in [0.15, 0.2) is 5.58 Å². The fourth-order valence-corrected chi connectivity index (χ4v) is 2.63. The number of benzene rings is 2. The van der Waals surface area contributed by atoms with Gasteiger partial charge in [0, 0.05) is 23.1 Å². The van der Waals surface area contributed by atoms with Crippen LogP contribution in [0.1, 0.15) is 24.9 Å². The summed E-state index contributed by atoms with van der Waals surface area (Å²) in [6.07, 6.45) is 0.696. The van der Waals surface area contributed by atoms with E-state index < -0.39 is 0 Å². The molecular formula is C18H18ClFN2O. The molecule has 3 nitrogen and oxygen atoms in total. The molecule has 0 aliphatic heterocycles. The molecule has 3 rings (SSSR count). The second kappa shape index (κ2) is 6.94. The number of fused-ring (bicyclic) bond motifs is 1. The number of hydrogen-bond acceptors (Lipinski definition) is 3. The lowest BCUT2D eigenvalue weighted by Crippen LogP contribution is -2.11. The first-order chi connectivity index (χ1) is 10.6. The second-order valence-electron chi connectivity index (χ2n) is 5.53. The first kappa shape index (κ1) is 17.2. The minimum Gasteiger partial charge on any atom is -0.356 e. The van der Waals surface area contributed by atoms with Crippen molar-refractivity contribution in [1.82, 2.24) is 5.16 Å². The van der Waals surface area contributed by atoms with Crippen molar-refractivity contribution in [2.24, 2.45) is 5.73 Å². The summed E-state index contributed by atoms with van der Waals surface area (Å²) < 4.78 is 18.5. The third-order valence-electron chi connectivity index (χ3n) is 3.62. The third-order valence-corrected chi connectivity index (χ3v) is 3.62. The van der Waals surface area contributed by atoms with Crippen LogP contribution in [0.4, 0.5) is 4.39 Å². The Morgan fingerprint density at radius 2 is 2.04 bits per heavy atom. The van der Waals surface area contributed by atoms with Crippen LogP contribution in [0.2, 0.25) is 0 Å². The van der Waals surface area contributed by atoms with Gasteiger partial charge in [-0.2, -0.15) is 0 Å². The molecule has 0 saturated carbocycles. The summed E-state index contributed by atoms with van der Waals surface area (Å²) in [6.45, 7) is 5.87. The monoisotopic (exact) mass is 332 g/mol. The molecule has 120 valence electrons. The Bertz CT molecular complexity index is 844. The van der Waals surface area contributed by atoms with Gasteiger partial charge in [-0.3, -0.25) is 0 Å². The third kappa shape index (κ3) is 3.44. The molecule has 0 bridgehead atoms. The van der Waals surface area contributed by atoms with E-state index >= 15 is 0 Å². The minimum atomic E-state index is -0.345. The number of rotatable bonds is 4. The number of halogens is 2. The summed E-state index contributed by atoms with van der Waals surface area (Å²) in [6, 6.07) is 12.1. The molecule has 23 heavy (non-hydrogen) atoms. The predicted molar refractivity (Wildman–Crippen MR) is 93.0 cm³/mol. The van der Waals surface area contributed by atoms with E-state index in [1.54, 1.807) is 6.07 Å². The second-order valence-corrected chi connectivity index (χ2v) is 5.53. The molecule has 0 aliphatic carbocycles. The van der Waals surface area contributed by atoms with Crippen LogP contribution in [0.25, 0.3) is 22.2 Å². The van der Waals surface area contributed by atoms with Crippen molar-refractivity contribution in [1.29, 1.82) is 0 Å². The minimum absolute atomic E-state index is 0. The Labute approximate surface area is 140 Å². The van der Waals surface area contributed by atoms with Gasteiger partial charge in [0.2, 0.25) is 0 Å². The fourth-order valence-electron chi connectivity index (χ4n) is 2.63. The zero-order valence-electron chi connectivity index (χ0n) is 12.8. The highest BCUT2D eigenvalue weighted by molar-refractivity contribution is 5.92. The maximum absolute atomic E-state index is 13.3. The first-order valence-electron chi connectivity index (χ1n) is 7.10. The van der Waals surface area contributed by atoms with Crippen LogP contribution in [0.5, 0.6) is 0 Å². The van der Waals surface area contributed by atoms with Crippen molar-refractivity contribution in [3.05, 3.63) is 66.0 Å².